The van der Waals surface area contributed by atoms with Gasteiger partial charge in [-0.05, 0) is 12.7 Å². The lowest BCUT2D eigenvalue weighted by Gasteiger charge is -2.30. The molecule has 1 rings (SSSR count). The fourth-order valence-corrected chi connectivity index (χ4v) is 2.41. The number of ether oxygens (including phenoxy) is 1. The maximum Gasteiger partial charge on any atom is 0.317 e. The molecule has 0 spiro atoms. The Labute approximate surface area is 124 Å². The lowest BCUT2D eigenvalue weighted by Crippen LogP contribution is -2.51. The highest BCUT2D eigenvalue weighted by Crippen LogP contribution is 2.20. The third-order valence-corrected chi connectivity index (χ3v) is 4.41. The molecular weight excluding hydrogens is 280 g/mol. The molecule has 1 fully saturated rings. The van der Waals surface area contributed by atoms with E-state index in [0.717, 1.165) is 6.42 Å². The normalized spacial score (nSPS) is 23.4. The predicted molar refractivity (Wildman–Crippen MR) is 79.1 cm³/mol. The summed E-state index contributed by atoms with van der Waals surface area (Å²) >= 11 is 1.68. The number of rotatable bonds is 7. The van der Waals surface area contributed by atoms with Crippen molar-refractivity contribution in [2.45, 2.75) is 31.6 Å². The van der Waals surface area contributed by atoms with E-state index >= 15 is 0 Å². The maximum absolute atomic E-state index is 12.3. The summed E-state index contributed by atoms with van der Waals surface area (Å²) in [6.45, 7) is 5.59. The summed E-state index contributed by atoms with van der Waals surface area (Å²) in [6, 6.07) is -0.577. The molecule has 0 saturated carbocycles. The van der Waals surface area contributed by atoms with Gasteiger partial charge in [-0.15, -0.1) is 0 Å². The lowest BCUT2D eigenvalue weighted by atomic mass is 10.0. The van der Waals surface area contributed by atoms with Crippen LogP contribution in [0.4, 0.5) is 4.79 Å². The summed E-state index contributed by atoms with van der Waals surface area (Å²) in [5.74, 6) is -1.54. The summed E-state index contributed by atoms with van der Waals surface area (Å²) in [4.78, 5) is 25.1. The molecule has 0 aromatic rings. The smallest absolute Gasteiger partial charge is 0.317 e. The Kier molecular flexibility index (Phi) is 7.15. The zero-order valence-electron chi connectivity index (χ0n) is 12.3. The van der Waals surface area contributed by atoms with Crippen LogP contribution in [-0.2, 0) is 9.53 Å². The van der Waals surface area contributed by atoms with Crippen LogP contribution in [0.25, 0.3) is 0 Å². The number of aliphatic carboxylic acids is 1. The topological polar surface area (TPSA) is 78.9 Å². The fraction of sp³-hybridized carbons (Fsp3) is 0.846. The number of thioether (sulfide) groups is 1. The number of carboxylic acids is 1. The van der Waals surface area contributed by atoms with Crippen LogP contribution in [-0.4, -0.2) is 65.9 Å². The van der Waals surface area contributed by atoms with Crippen LogP contribution in [0.2, 0.25) is 0 Å². The number of nitrogens with zero attached hydrogens (tertiary/aromatic N) is 1. The minimum atomic E-state index is -0.904. The van der Waals surface area contributed by atoms with Crippen molar-refractivity contribution in [2.24, 2.45) is 5.92 Å². The first-order chi connectivity index (χ1) is 9.51. The number of hydrogen-bond donors (Lipinski definition) is 2. The Morgan fingerprint density at radius 1 is 1.50 bits per heavy atom. The number of carbonyl (C=O) groups is 2. The van der Waals surface area contributed by atoms with Gasteiger partial charge in [-0.1, -0.05) is 13.8 Å². The average Bonchev–Trinajstić information content (AvgIpc) is 2.90. The van der Waals surface area contributed by atoms with E-state index in [-0.39, 0.29) is 18.7 Å². The minimum Gasteiger partial charge on any atom is -0.481 e. The molecule has 20 heavy (non-hydrogen) atoms. The van der Waals surface area contributed by atoms with Crippen molar-refractivity contribution in [1.82, 2.24) is 10.2 Å². The van der Waals surface area contributed by atoms with Gasteiger partial charge in [0.05, 0.1) is 19.3 Å². The molecule has 0 aliphatic carbocycles. The van der Waals surface area contributed by atoms with Gasteiger partial charge in [0.2, 0.25) is 0 Å². The highest BCUT2D eigenvalue weighted by atomic mass is 32.2. The lowest BCUT2D eigenvalue weighted by molar-refractivity contribution is -0.142. The van der Waals surface area contributed by atoms with E-state index in [4.69, 9.17) is 4.74 Å². The van der Waals surface area contributed by atoms with E-state index in [1.54, 1.807) is 16.7 Å². The third kappa shape index (κ3) is 4.56. The number of amides is 2. The first-order valence-corrected chi connectivity index (χ1v) is 8.17. The Morgan fingerprint density at radius 3 is 2.75 bits per heavy atom. The zero-order chi connectivity index (χ0) is 15.1. The summed E-state index contributed by atoms with van der Waals surface area (Å²) in [6.07, 6.45) is 2.78. The third-order valence-electron chi connectivity index (χ3n) is 3.44. The van der Waals surface area contributed by atoms with E-state index < -0.39 is 11.9 Å². The SMILES string of the molecule is CCCN(C(=O)NCC(C)SC)C1COCC1C(=O)O. The molecule has 0 aromatic heterocycles. The van der Waals surface area contributed by atoms with Crippen molar-refractivity contribution in [3.63, 3.8) is 0 Å². The van der Waals surface area contributed by atoms with E-state index in [0.29, 0.717) is 24.9 Å². The number of carbonyl (C=O) groups excluding carboxylic acids is 1. The van der Waals surface area contributed by atoms with Gasteiger partial charge in [0.15, 0.2) is 0 Å². The second-order valence-corrected chi connectivity index (χ2v) is 6.25. The van der Waals surface area contributed by atoms with E-state index in [2.05, 4.69) is 5.32 Å². The molecule has 3 unspecified atom stereocenters. The Hall–Kier alpha value is -0.950. The Balaban J connectivity index is 2.67. The van der Waals surface area contributed by atoms with E-state index in [1.165, 1.54) is 0 Å². The van der Waals surface area contributed by atoms with Crippen LogP contribution in [0, 0.1) is 5.92 Å². The van der Waals surface area contributed by atoms with E-state index in [9.17, 15) is 14.7 Å². The van der Waals surface area contributed by atoms with Gasteiger partial charge in [0.1, 0.15) is 5.92 Å². The number of carboxylic acid groups (broad SMARTS) is 1. The van der Waals surface area contributed by atoms with Crippen LogP contribution in [0.5, 0.6) is 0 Å². The predicted octanol–water partition coefficient (Wildman–Crippen LogP) is 1.26. The minimum absolute atomic E-state index is 0.175. The molecule has 1 saturated heterocycles. The number of urea groups is 1. The highest BCUT2D eigenvalue weighted by Gasteiger charge is 2.39. The molecule has 0 bridgehead atoms. The summed E-state index contributed by atoms with van der Waals surface area (Å²) in [5, 5.41) is 12.4. The molecular formula is C13H24N2O4S. The zero-order valence-corrected chi connectivity index (χ0v) is 13.1. The van der Waals surface area contributed by atoms with Gasteiger partial charge in [0, 0.05) is 18.3 Å². The molecule has 0 radical (unpaired) electrons. The molecule has 6 nitrogen and oxygen atoms in total. The van der Waals surface area contributed by atoms with Crippen LogP contribution in [0.1, 0.15) is 20.3 Å². The highest BCUT2D eigenvalue weighted by molar-refractivity contribution is 7.99. The standard InChI is InChI=1S/C13H24N2O4S/c1-4-5-15(13(18)14-6-9(2)20-3)11-8-19-7-10(11)12(16)17/h9-11H,4-8H2,1-3H3,(H,14,18)(H,16,17). The van der Waals surface area contributed by atoms with Crippen molar-refractivity contribution in [3.8, 4) is 0 Å². The van der Waals surface area contributed by atoms with E-state index in [1.807, 2.05) is 20.1 Å². The Morgan fingerprint density at radius 2 is 2.20 bits per heavy atom. The van der Waals surface area contributed by atoms with Crippen molar-refractivity contribution >= 4 is 23.8 Å². The molecule has 1 aliphatic heterocycles. The first kappa shape index (κ1) is 17.1. The van der Waals surface area contributed by atoms with Gasteiger partial charge in [-0.25, -0.2) is 4.79 Å². The molecule has 7 heteroatoms. The molecule has 3 atom stereocenters. The molecule has 1 heterocycles. The number of nitrogens with one attached hydrogen (secondary N) is 1. The van der Waals surface area contributed by atoms with Crippen LogP contribution in [0.15, 0.2) is 0 Å². The summed E-state index contributed by atoms with van der Waals surface area (Å²) < 4.78 is 5.25. The molecule has 2 amide bonds. The molecule has 2 N–H and O–H groups in total. The maximum atomic E-state index is 12.3. The van der Waals surface area contributed by atoms with Crippen molar-refractivity contribution in [2.75, 3.05) is 32.6 Å². The number of hydrogen-bond acceptors (Lipinski definition) is 4. The van der Waals surface area contributed by atoms with Gasteiger partial charge in [-0.2, -0.15) is 11.8 Å². The largest absolute Gasteiger partial charge is 0.481 e. The quantitative estimate of drug-likeness (QED) is 0.740. The molecule has 0 aromatic carbocycles. The summed E-state index contributed by atoms with van der Waals surface area (Å²) in [7, 11) is 0. The Bertz CT molecular complexity index is 340. The van der Waals surface area contributed by atoms with Gasteiger partial charge in [0.25, 0.3) is 0 Å². The fourth-order valence-electron chi connectivity index (χ4n) is 2.16. The molecule has 116 valence electrons. The second-order valence-electron chi connectivity index (χ2n) is 4.98. The van der Waals surface area contributed by atoms with Crippen LogP contribution >= 0.6 is 11.8 Å². The van der Waals surface area contributed by atoms with Gasteiger partial charge < -0.3 is 20.1 Å². The van der Waals surface area contributed by atoms with Gasteiger partial charge in [-0.3, -0.25) is 4.79 Å². The molecule has 1 aliphatic rings. The van der Waals surface area contributed by atoms with Crippen LogP contribution in [0.3, 0.4) is 0 Å². The first-order valence-electron chi connectivity index (χ1n) is 6.89. The summed E-state index contributed by atoms with van der Waals surface area (Å²) in [5.41, 5.74) is 0. The van der Waals surface area contributed by atoms with Crippen molar-refractivity contribution in [1.29, 1.82) is 0 Å². The van der Waals surface area contributed by atoms with Crippen molar-refractivity contribution < 1.29 is 19.4 Å². The second kappa shape index (κ2) is 8.36. The monoisotopic (exact) mass is 304 g/mol. The van der Waals surface area contributed by atoms with Gasteiger partial charge >= 0.3 is 12.0 Å². The average molecular weight is 304 g/mol. The van der Waals surface area contributed by atoms with Crippen LogP contribution < -0.4 is 5.32 Å². The van der Waals surface area contributed by atoms with Crippen molar-refractivity contribution in [3.05, 3.63) is 0 Å².